The SMILES string of the molecule is Cc1ccc(C#Cc2cc(C)c(C#Cc3ccc(C)c(F)c3)cc2OC(F)(F)F)cc1. The molecule has 0 saturated carbocycles. The second-order valence-corrected chi connectivity index (χ2v) is 7.04. The molecule has 3 aromatic carbocycles. The molecule has 1 nitrogen and oxygen atoms in total. The Morgan fingerprint density at radius 3 is 1.94 bits per heavy atom. The Hall–Kier alpha value is -3.70. The Morgan fingerprint density at radius 2 is 1.29 bits per heavy atom. The number of ether oxygens (including phenoxy) is 1. The lowest BCUT2D eigenvalue weighted by atomic mass is 10.0. The van der Waals surface area contributed by atoms with Crippen molar-refractivity contribution in [3.8, 4) is 29.4 Å². The Kier molecular flexibility index (Phi) is 6.37. The van der Waals surface area contributed by atoms with Crippen molar-refractivity contribution in [2.45, 2.75) is 27.1 Å². The maximum atomic E-state index is 13.7. The molecule has 0 aliphatic heterocycles. The van der Waals surface area contributed by atoms with Crippen molar-refractivity contribution in [2.75, 3.05) is 0 Å². The van der Waals surface area contributed by atoms with Gasteiger partial charge in [0.1, 0.15) is 11.6 Å². The third-order valence-corrected chi connectivity index (χ3v) is 4.46. The van der Waals surface area contributed by atoms with Crippen molar-refractivity contribution >= 4 is 0 Å². The van der Waals surface area contributed by atoms with Gasteiger partial charge < -0.3 is 4.74 Å². The number of halogens is 4. The average Bonchev–Trinajstić information content (AvgIpc) is 2.69. The molecule has 5 heteroatoms. The average molecular weight is 422 g/mol. The lowest BCUT2D eigenvalue weighted by molar-refractivity contribution is -0.274. The van der Waals surface area contributed by atoms with E-state index in [-0.39, 0.29) is 5.56 Å². The van der Waals surface area contributed by atoms with Crippen LogP contribution < -0.4 is 4.74 Å². The summed E-state index contributed by atoms with van der Waals surface area (Å²) in [4.78, 5) is 0. The van der Waals surface area contributed by atoms with Crippen molar-refractivity contribution in [2.24, 2.45) is 0 Å². The minimum absolute atomic E-state index is 0.0994. The Labute approximate surface area is 178 Å². The summed E-state index contributed by atoms with van der Waals surface area (Å²) < 4.78 is 56.7. The van der Waals surface area contributed by atoms with Crippen LogP contribution in [0.3, 0.4) is 0 Å². The molecule has 31 heavy (non-hydrogen) atoms. The first-order valence-corrected chi connectivity index (χ1v) is 9.38. The summed E-state index contributed by atoms with van der Waals surface area (Å²) in [5.41, 5.74) is 3.69. The predicted octanol–water partition coefficient (Wildman–Crippen LogP) is 6.45. The Balaban J connectivity index is 2.01. The van der Waals surface area contributed by atoms with Gasteiger partial charge in [0.15, 0.2) is 0 Å². The molecule has 0 bridgehead atoms. The van der Waals surface area contributed by atoms with Crippen LogP contribution in [0.1, 0.15) is 38.9 Å². The van der Waals surface area contributed by atoms with Crippen LogP contribution in [0.4, 0.5) is 17.6 Å². The van der Waals surface area contributed by atoms with Gasteiger partial charge in [-0.1, -0.05) is 47.4 Å². The fraction of sp³-hybridized carbons (Fsp3) is 0.154. The molecule has 0 amide bonds. The molecule has 0 spiro atoms. The summed E-state index contributed by atoms with van der Waals surface area (Å²) in [7, 11) is 0. The van der Waals surface area contributed by atoms with Gasteiger partial charge in [0.25, 0.3) is 0 Å². The summed E-state index contributed by atoms with van der Waals surface area (Å²) >= 11 is 0. The third-order valence-electron chi connectivity index (χ3n) is 4.46. The van der Waals surface area contributed by atoms with Crippen LogP contribution in [0.15, 0.2) is 54.6 Å². The molecule has 0 atom stereocenters. The zero-order chi connectivity index (χ0) is 22.6. The van der Waals surface area contributed by atoms with E-state index in [0.29, 0.717) is 27.8 Å². The first-order chi connectivity index (χ1) is 14.6. The highest BCUT2D eigenvalue weighted by molar-refractivity contribution is 5.58. The molecule has 0 unspecified atom stereocenters. The van der Waals surface area contributed by atoms with Gasteiger partial charge >= 0.3 is 6.36 Å². The van der Waals surface area contributed by atoms with Crippen molar-refractivity contribution < 1.29 is 22.3 Å². The van der Waals surface area contributed by atoms with E-state index in [2.05, 4.69) is 28.4 Å². The molecule has 0 aliphatic carbocycles. The van der Waals surface area contributed by atoms with E-state index in [4.69, 9.17) is 0 Å². The van der Waals surface area contributed by atoms with Crippen LogP contribution in [0.25, 0.3) is 0 Å². The van der Waals surface area contributed by atoms with Gasteiger partial charge in [-0.25, -0.2) is 4.39 Å². The van der Waals surface area contributed by atoms with E-state index in [1.165, 1.54) is 18.2 Å². The Bertz CT molecular complexity index is 1230. The normalized spacial score (nSPS) is 10.5. The van der Waals surface area contributed by atoms with E-state index in [0.717, 1.165) is 5.56 Å². The molecule has 0 aromatic heterocycles. The highest BCUT2D eigenvalue weighted by Gasteiger charge is 2.32. The first-order valence-electron chi connectivity index (χ1n) is 9.38. The van der Waals surface area contributed by atoms with Crippen LogP contribution >= 0.6 is 0 Å². The molecular formula is C26H18F4O. The maximum Gasteiger partial charge on any atom is 0.573 e. The third kappa shape index (κ3) is 6.14. The minimum Gasteiger partial charge on any atom is -0.404 e. The second kappa shape index (κ2) is 8.98. The fourth-order valence-corrected chi connectivity index (χ4v) is 2.72. The van der Waals surface area contributed by atoms with E-state index < -0.39 is 17.9 Å². The maximum absolute atomic E-state index is 13.7. The van der Waals surface area contributed by atoms with Crippen LogP contribution in [-0.2, 0) is 0 Å². The molecule has 3 rings (SSSR count). The molecule has 0 N–H and O–H groups in total. The fourth-order valence-electron chi connectivity index (χ4n) is 2.72. The molecule has 156 valence electrons. The van der Waals surface area contributed by atoms with E-state index in [9.17, 15) is 17.6 Å². The minimum atomic E-state index is -4.87. The summed E-state index contributed by atoms with van der Waals surface area (Å²) in [6.45, 7) is 5.28. The molecule has 0 heterocycles. The summed E-state index contributed by atoms with van der Waals surface area (Å²) in [6.07, 6.45) is -4.87. The van der Waals surface area contributed by atoms with Crippen LogP contribution in [0, 0.1) is 50.3 Å². The molecule has 0 radical (unpaired) electrons. The van der Waals surface area contributed by atoms with Gasteiger partial charge in [-0.05, 0) is 68.3 Å². The predicted molar refractivity (Wildman–Crippen MR) is 112 cm³/mol. The zero-order valence-electron chi connectivity index (χ0n) is 17.1. The second-order valence-electron chi connectivity index (χ2n) is 7.04. The van der Waals surface area contributed by atoms with Gasteiger partial charge in [0.05, 0.1) is 5.56 Å². The number of aryl methyl sites for hydroxylation is 3. The van der Waals surface area contributed by atoms with Crippen molar-refractivity contribution in [3.05, 3.63) is 99.4 Å². The largest absolute Gasteiger partial charge is 0.573 e. The van der Waals surface area contributed by atoms with Crippen molar-refractivity contribution in [1.29, 1.82) is 0 Å². The highest BCUT2D eigenvalue weighted by atomic mass is 19.4. The molecule has 3 aromatic rings. The van der Waals surface area contributed by atoms with Crippen LogP contribution in [0.2, 0.25) is 0 Å². The first kappa shape index (κ1) is 22.0. The smallest absolute Gasteiger partial charge is 0.404 e. The monoisotopic (exact) mass is 422 g/mol. The topological polar surface area (TPSA) is 9.23 Å². The van der Waals surface area contributed by atoms with Gasteiger partial charge in [0.2, 0.25) is 0 Å². The van der Waals surface area contributed by atoms with Crippen molar-refractivity contribution in [3.63, 3.8) is 0 Å². The van der Waals surface area contributed by atoms with Gasteiger partial charge in [-0.15, -0.1) is 13.2 Å². The van der Waals surface area contributed by atoms with Crippen LogP contribution in [-0.4, -0.2) is 6.36 Å². The zero-order valence-corrected chi connectivity index (χ0v) is 17.1. The number of alkyl halides is 3. The lowest BCUT2D eigenvalue weighted by Gasteiger charge is -2.12. The van der Waals surface area contributed by atoms with Crippen LogP contribution in [0.5, 0.6) is 5.75 Å². The summed E-state index contributed by atoms with van der Waals surface area (Å²) in [6, 6.07) is 14.6. The molecular weight excluding hydrogens is 404 g/mol. The van der Waals surface area contributed by atoms with E-state index in [1.807, 2.05) is 19.1 Å². The standard InChI is InChI=1S/C26H18F4O/c1-17-4-7-20(8-5-17)10-13-23-14-19(3)22(16-25(23)31-26(28,29)30)12-11-21-9-6-18(2)24(27)15-21/h4-9,14-16H,1-3H3. The molecule has 0 saturated heterocycles. The van der Waals surface area contributed by atoms with Crippen molar-refractivity contribution in [1.82, 2.24) is 0 Å². The van der Waals surface area contributed by atoms with E-state index >= 15 is 0 Å². The summed E-state index contributed by atoms with van der Waals surface area (Å²) in [5.74, 6) is 10.4. The van der Waals surface area contributed by atoms with Gasteiger partial charge in [-0.2, -0.15) is 0 Å². The van der Waals surface area contributed by atoms with Gasteiger partial charge in [0, 0.05) is 16.7 Å². The number of hydrogen-bond donors (Lipinski definition) is 0. The number of benzene rings is 3. The summed E-state index contributed by atoms with van der Waals surface area (Å²) in [5, 5.41) is 0. The van der Waals surface area contributed by atoms with Gasteiger partial charge in [-0.3, -0.25) is 0 Å². The quantitative estimate of drug-likeness (QED) is 0.324. The van der Waals surface area contributed by atoms with E-state index in [1.54, 1.807) is 38.1 Å². The lowest BCUT2D eigenvalue weighted by Crippen LogP contribution is -2.18. The number of rotatable bonds is 1. The highest BCUT2D eigenvalue weighted by Crippen LogP contribution is 2.29. The Morgan fingerprint density at radius 1 is 0.677 bits per heavy atom. The molecule has 0 fully saturated rings. The molecule has 0 aliphatic rings. The number of hydrogen-bond acceptors (Lipinski definition) is 1.